The monoisotopic (exact) mass is 483 g/mol. The van der Waals surface area contributed by atoms with Gasteiger partial charge in [-0.3, -0.25) is 14.5 Å². The molecular formula is C28H25N3O3S. The Morgan fingerprint density at radius 2 is 1.71 bits per heavy atom. The summed E-state index contributed by atoms with van der Waals surface area (Å²) in [5, 5.41) is 12.6. The van der Waals surface area contributed by atoms with Gasteiger partial charge in [0.05, 0.1) is 12.4 Å². The number of benzene rings is 3. The van der Waals surface area contributed by atoms with Crippen molar-refractivity contribution in [2.45, 2.75) is 25.1 Å². The summed E-state index contributed by atoms with van der Waals surface area (Å²) in [5.74, 6) is -0.0311. The van der Waals surface area contributed by atoms with E-state index in [0.717, 1.165) is 16.7 Å². The van der Waals surface area contributed by atoms with E-state index in [0.29, 0.717) is 22.9 Å². The van der Waals surface area contributed by atoms with Crippen LogP contribution in [0.1, 0.15) is 16.7 Å². The van der Waals surface area contributed by atoms with Crippen molar-refractivity contribution in [1.82, 2.24) is 5.32 Å². The molecule has 0 aromatic heterocycles. The summed E-state index contributed by atoms with van der Waals surface area (Å²) < 4.78 is 5.24. The predicted octanol–water partition coefficient (Wildman–Crippen LogP) is 4.75. The zero-order valence-corrected chi connectivity index (χ0v) is 20.3. The van der Waals surface area contributed by atoms with Gasteiger partial charge < -0.3 is 10.1 Å². The van der Waals surface area contributed by atoms with Crippen LogP contribution in [0.3, 0.4) is 0 Å². The summed E-state index contributed by atoms with van der Waals surface area (Å²) >= 11 is 1.25. The van der Waals surface area contributed by atoms with Gasteiger partial charge in [-0.15, -0.1) is 0 Å². The molecule has 4 rings (SSSR count). The van der Waals surface area contributed by atoms with Crippen LogP contribution in [-0.2, 0) is 22.6 Å². The highest BCUT2D eigenvalue weighted by Crippen LogP contribution is 2.42. The first kappa shape index (κ1) is 24.1. The standard InChI is InChI=1S/C28H25N3O3S/c1-19-8-10-20(11-9-19)16-25-27(33)31(22-12-14-23(34-2)15-13-22)28(35-25)24(17-29)26(32)30-18-21-6-4-3-5-7-21/h3-15,25H,16,18H2,1-2H3,(H,30,32)/b28-24-. The molecule has 3 aromatic carbocycles. The number of nitrogens with one attached hydrogen (secondary N) is 1. The van der Waals surface area contributed by atoms with Crippen LogP contribution in [0.4, 0.5) is 5.69 Å². The van der Waals surface area contributed by atoms with Gasteiger partial charge in [0.15, 0.2) is 0 Å². The molecule has 176 valence electrons. The van der Waals surface area contributed by atoms with Crippen molar-refractivity contribution in [3.05, 3.63) is 106 Å². The second kappa shape index (κ2) is 10.9. The summed E-state index contributed by atoms with van der Waals surface area (Å²) in [4.78, 5) is 28.1. The molecule has 2 amide bonds. The maximum Gasteiger partial charge on any atom is 0.264 e. The number of anilines is 1. The minimum atomic E-state index is -0.513. The second-order valence-electron chi connectivity index (χ2n) is 8.13. The quantitative estimate of drug-likeness (QED) is 0.388. The van der Waals surface area contributed by atoms with Crippen LogP contribution in [0.5, 0.6) is 5.75 Å². The van der Waals surface area contributed by atoms with Crippen molar-refractivity contribution in [1.29, 1.82) is 5.26 Å². The van der Waals surface area contributed by atoms with Crippen LogP contribution >= 0.6 is 11.8 Å². The zero-order valence-electron chi connectivity index (χ0n) is 19.5. The van der Waals surface area contributed by atoms with Crippen molar-refractivity contribution in [2.75, 3.05) is 12.0 Å². The summed E-state index contributed by atoms with van der Waals surface area (Å²) in [7, 11) is 1.57. The van der Waals surface area contributed by atoms with E-state index < -0.39 is 11.2 Å². The third-order valence-electron chi connectivity index (χ3n) is 5.67. The Labute approximate surface area is 209 Å². The third-order valence-corrected chi connectivity index (χ3v) is 6.94. The van der Waals surface area contributed by atoms with Crippen molar-refractivity contribution >= 4 is 29.3 Å². The highest BCUT2D eigenvalue weighted by molar-refractivity contribution is 8.05. The van der Waals surface area contributed by atoms with Gasteiger partial charge in [-0.2, -0.15) is 5.26 Å². The Balaban J connectivity index is 1.67. The van der Waals surface area contributed by atoms with Gasteiger partial charge in [0.1, 0.15) is 22.4 Å². The lowest BCUT2D eigenvalue weighted by atomic mass is 10.1. The number of carbonyl (C=O) groups excluding carboxylic acids is 2. The van der Waals surface area contributed by atoms with E-state index in [1.165, 1.54) is 16.7 Å². The van der Waals surface area contributed by atoms with E-state index in [2.05, 4.69) is 5.32 Å². The molecule has 1 N–H and O–H groups in total. The molecule has 6 nitrogen and oxygen atoms in total. The molecule has 0 aliphatic carbocycles. The van der Waals surface area contributed by atoms with Gasteiger partial charge in [-0.05, 0) is 48.7 Å². The molecule has 3 aromatic rings. The smallest absolute Gasteiger partial charge is 0.264 e. The fourth-order valence-corrected chi connectivity index (χ4v) is 5.07. The number of nitrogens with zero attached hydrogens (tertiary/aromatic N) is 2. The Bertz CT molecular complexity index is 1280. The highest BCUT2D eigenvalue weighted by Gasteiger charge is 2.40. The molecule has 1 aliphatic rings. The number of aryl methyl sites for hydroxylation is 1. The molecule has 1 atom stereocenters. The van der Waals surface area contributed by atoms with E-state index in [-0.39, 0.29) is 18.0 Å². The molecule has 0 saturated carbocycles. The fourth-order valence-electron chi connectivity index (χ4n) is 3.76. The second-order valence-corrected chi connectivity index (χ2v) is 9.32. The van der Waals surface area contributed by atoms with Crippen LogP contribution in [0.2, 0.25) is 0 Å². The molecule has 1 saturated heterocycles. The van der Waals surface area contributed by atoms with Crippen molar-refractivity contribution in [3.63, 3.8) is 0 Å². The molecule has 1 fully saturated rings. The average molecular weight is 484 g/mol. The molecule has 35 heavy (non-hydrogen) atoms. The minimum Gasteiger partial charge on any atom is -0.497 e. The summed E-state index contributed by atoms with van der Waals surface area (Å²) in [6.07, 6.45) is 0.490. The van der Waals surface area contributed by atoms with Crippen LogP contribution in [-0.4, -0.2) is 24.2 Å². The topological polar surface area (TPSA) is 82.4 Å². The van der Waals surface area contributed by atoms with Gasteiger partial charge >= 0.3 is 0 Å². The first-order valence-corrected chi connectivity index (χ1v) is 12.0. The number of carbonyl (C=O) groups is 2. The van der Waals surface area contributed by atoms with Crippen LogP contribution in [0.15, 0.2) is 89.5 Å². The van der Waals surface area contributed by atoms with Gasteiger partial charge in [0, 0.05) is 12.2 Å². The maximum atomic E-state index is 13.6. The number of amides is 2. The molecular weight excluding hydrogens is 458 g/mol. The van der Waals surface area contributed by atoms with Crippen molar-refractivity contribution < 1.29 is 14.3 Å². The first-order valence-electron chi connectivity index (χ1n) is 11.2. The molecule has 1 heterocycles. The lowest BCUT2D eigenvalue weighted by Gasteiger charge is -2.19. The fraction of sp³-hybridized carbons (Fsp3) is 0.179. The van der Waals surface area contributed by atoms with Gasteiger partial charge in [0.2, 0.25) is 5.91 Å². The average Bonchev–Trinajstić information content (AvgIpc) is 3.20. The first-order chi connectivity index (χ1) is 17.0. The largest absolute Gasteiger partial charge is 0.497 e. The molecule has 0 bridgehead atoms. The number of rotatable bonds is 7. The Morgan fingerprint density at radius 3 is 2.34 bits per heavy atom. The normalized spacial score (nSPS) is 16.5. The van der Waals surface area contributed by atoms with E-state index in [1.807, 2.05) is 67.6 Å². The minimum absolute atomic E-state index is 0.0819. The van der Waals surface area contributed by atoms with E-state index in [9.17, 15) is 14.9 Å². The van der Waals surface area contributed by atoms with Crippen molar-refractivity contribution in [2.24, 2.45) is 0 Å². The number of nitriles is 1. The number of methoxy groups -OCH3 is 1. The SMILES string of the molecule is COc1ccc(N2C(=O)C(Cc3ccc(C)cc3)S/C2=C(/C#N)C(=O)NCc2ccccc2)cc1. The molecule has 1 unspecified atom stereocenters. The van der Waals surface area contributed by atoms with Gasteiger partial charge in [-0.1, -0.05) is 71.9 Å². The lowest BCUT2D eigenvalue weighted by Crippen LogP contribution is -2.32. The lowest BCUT2D eigenvalue weighted by molar-refractivity contribution is -0.117. The van der Waals surface area contributed by atoms with E-state index >= 15 is 0 Å². The van der Waals surface area contributed by atoms with Crippen LogP contribution < -0.4 is 15.0 Å². The molecule has 1 aliphatic heterocycles. The van der Waals surface area contributed by atoms with Gasteiger partial charge in [-0.25, -0.2) is 0 Å². The predicted molar refractivity (Wildman–Crippen MR) is 138 cm³/mol. The molecule has 7 heteroatoms. The summed E-state index contributed by atoms with van der Waals surface area (Å²) in [6.45, 7) is 2.30. The number of hydrogen-bond acceptors (Lipinski definition) is 5. The van der Waals surface area contributed by atoms with E-state index in [4.69, 9.17) is 4.74 Å². The van der Waals surface area contributed by atoms with Crippen LogP contribution in [0.25, 0.3) is 0 Å². The summed E-state index contributed by atoms with van der Waals surface area (Å²) in [6, 6.07) is 26.5. The number of hydrogen-bond donors (Lipinski definition) is 1. The third kappa shape index (κ3) is 5.56. The Kier molecular flexibility index (Phi) is 7.54. The Morgan fingerprint density at radius 1 is 1.03 bits per heavy atom. The molecule has 0 spiro atoms. The van der Waals surface area contributed by atoms with Crippen LogP contribution in [0, 0.1) is 18.3 Å². The Hall–Kier alpha value is -4.02. The van der Waals surface area contributed by atoms with Gasteiger partial charge in [0.25, 0.3) is 5.91 Å². The zero-order chi connectivity index (χ0) is 24.8. The van der Waals surface area contributed by atoms with Crippen molar-refractivity contribution in [3.8, 4) is 11.8 Å². The summed E-state index contributed by atoms with van der Waals surface area (Å²) in [5.41, 5.74) is 3.57. The maximum absolute atomic E-state index is 13.6. The highest BCUT2D eigenvalue weighted by atomic mass is 32.2. The molecule has 0 radical (unpaired) electrons. The number of thioether (sulfide) groups is 1. The van der Waals surface area contributed by atoms with E-state index in [1.54, 1.807) is 31.4 Å². The number of ether oxygens (including phenoxy) is 1.